The van der Waals surface area contributed by atoms with Crippen molar-refractivity contribution < 1.29 is 5.21 Å². The highest BCUT2D eigenvalue weighted by Crippen LogP contribution is 1.76. The van der Waals surface area contributed by atoms with Crippen LogP contribution in [0, 0.1) is 0 Å². The minimum Gasteiger partial charge on any atom is -0.395 e. The Morgan fingerprint density at radius 2 is 2.43 bits per heavy atom. The van der Waals surface area contributed by atoms with Gasteiger partial charge >= 0.3 is 0 Å². The van der Waals surface area contributed by atoms with E-state index in [1.54, 1.807) is 0 Å². The van der Waals surface area contributed by atoms with Crippen molar-refractivity contribution >= 4 is 5.95 Å². The van der Waals surface area contributed by atoms with E-state index in [2.05, 4.69) is 15.4 Å². The number of nitrogens with zero attached hydrogens (tertiary/aromatic N) is 4. The van der Waals surface area contributed by atoms with Crippen molar-refractivity contribution in [1.29, 1.82) is 0 Å². The van der Waals surface area contributed by atoms with E-state index >= 15 is 0 Å². The van der Waals surface area contributed by atoms with Crippen LogP contribution in [0.3, 0.4) is 0 Å². The number of hydrogen-bond acceptors (Lipinski definition) is 5. The zero-order valence-corrected chi connectivity index (χ0v) is 3.31. The zero-order chi connectivity index (χ0) is 5.28. The standard InChI is InChI=1S/CH3N5O/c2-1-3-5-6(7)4-1/h7H,(H2,2,4). The van der Waals surface area contributed by atoms with Crippen LogP contribution in [0.2, 0.25) is 0 Å². The molecule has 0 unspecified atom stereocenters. The maximum Gasteiger partial charge on any atom is 0.264 e. The average Bonchev–Trinajstić information content (AvgIpc) is 1.87. The second-order valence-corrected chi connectivity index (χ2v) is 0.916. The molecule has 0 radical (unpaired) electrons. The summed E-state index contributed by atoms with van der Waals surface area (Å²) in [4.78, 5) is 0.301. The van der Waals surface area contributed by atoms with Crippen molar-refractivity contribution in [3.63, 3.8) is 0 Å². The summed E-state index contributed by atoms with van der Waals surface area (Å²) < 4.78 is 0. The Kier molecular flexibility index (Phi) is 0.588. The minimum atomic E-state index is -0.0394. The Balaban J connectivity index is 3.04. The summed E-state index contributed by atoms with van der Waals surface area (Å²) in [7, 11) is 0. The Bertz CT molecular complexity index is 140. The van der Waals surface area contributed by atoms with Crippen molar-refractivity contribution in [3.8, 4) is 0 Å². The van der Waals surface area contributed by atoms with Gasteiger partial charge in [0.2, 0.25) is 0 Å². The molecule has 7 heavy (non-hydrogen) atoms. The van der Waals surface area contributed by atoms with Crippen molar-refractivity contribution in [3.05, 3.63) is 0 Å². The van der Waals surface area contributed by atoms with Crippen LogP contribution < -0.4 is 5.73 Å². The third-order valence-corrected chi connectivity index (χ3v) is 0.419. The van der Waals surface area contributed by atoms with Gasteiger partial charge in [-0.15, -0.1) is 0 Å². The molecule has 0 atom stereocenters. The molecule has 0 saturated heterocycles. The first-order valence-electron chi connectivity index (χ1n) is 1.54. The lowest BCUT2D eigenvalue weighted by molar-refractivity contribution is 0.107. The van der Waals surface area contributed by atoms with Crippen molar-refractivity contribution in [1.82, 2.24) is 20.4 Å². The highest BCUT2D eigenvalue weighted by molar-refractivity contribution is 5.05. The van der Waals surface area contributed by atoms with Crippen LogP contribution in [0.5, 0.6) is 0 Å². The first-order chi connectivity index (χ1) is 3.29. The van der Waals surface area contributed by atoms with Crippen LogP contribution >= 0.6 is 0 Å². The smallest absolute Gasteiger partial charge is 0.264 e. The fourth-order valence-electron chi connectivity index (χ4n) is 0.217. The second-order valence-electron chi connectivity index (χ2n) is 0.916. The molecule has 0 bridgehead atoms. The van der Waals surface area contributed by atoms with Gasteiger partial charge in [0, 0.05) is 4.96 Å². The molecule has 3 N–H and O–H groups in total. The number of tetrazole rings is 1. The van der Waals surface area contributed by atoms with E-state index in [4.69, 9.17) is 10.9 Å². The lowest BCUT2D eigenvalue weighted by atomic mass is 11.2. The molecule has 0 aliphatic heterocycles. The quantitative estimate of drug-likeness (QED) is 0.388. The topological polar surface area (TPSA) is 89.8 Å². The zero-order valence-electron chi connectivity index (χ0n) is 3.31. The molecular formula is CH3N5O. The van der Waals surface area contributed by atoms with Crippen LogP contribution in [-0.2, 0) is 0 Å². The number of nitrogens with two attached hydrogens (primary N) is 1. The molecule has 6 heteroatoms. The summed E-state index contributed by atoms with van der Waals surface area (Å²) in [5, 5.41) is 17.5. The molecule has 0 fully saturated rings. The Morgan fingerprint density at radius 3 is 2.57 bits per heavy atom. The van der Waals surface area contributed by atoms with Crippen LogP contribution in [0.25, 0.3) is 0 Å². The number of anilines is 1. The van der Waals surface area contributed by atoms with Gasteiger partial charge < -0.3 is 10.9 Å². The summed E-state index contributed by atoms with van der Waals surface area (Å²) in [6.45, 7) is 0. The van der Waals surface area contributed by atoms with Gasteiger partial charge in [-0.1, -0.05) is 10.2 Å². The number of aromatic nitrogens is 4. The van der Waals surface area contributed by atoms with Crippen molar-refractivity contribution in [2.45, 2.75) is 0 Å². The van der Waals surface area contributed by atoms with Gasteiger partial charge in [0.25, 0.3) is 5.95 Å². The second kappa shape index (κ2) is 1.07. The summed E-state index contributed by atoms with van der Waals surface area (Å²) in [5.41, 5.74) is 4.91. The van der Waals surface area contributed by atoms with Gasteiger partial charge in [-0.3, -0.25) is 0 Å². The molecule has 0 saturated carbocycles. The third-order valence-electron chi connectivity index (χ3n) is 0.419. The van der Waals surface area contributed by atoms with Gasteiger partial charge in [-0.25, -0.2) is 0 Å². The Labute approximate surface area is 38.5 Å². The maximum atomic E-state index is 8.20. The Hall–Kier alpha value is -1.33. The average molecular weight is 101 g/mol. The SMILES string of the molecule is Nc1nnn(O)n1. The van der Waals surface area contributed by atoms with E-state index in [0.717, 1.165) is 0 Å². The Morgan fingerprint density at radius 1 is 1.71 bits per heavy atom. The minimum absolute atomic E-state index is 0.0394. The third kappa shape index (κ3) is 0.566. The molecule has 0 spiro atoms. The number of hydrogen-bond donors (Lipinski definition) is 2. The summed E-state index contributed by atoms with van der Waals surface area (Å²) in [6.07, 6.45) is 0. The summed E-state index contributed by atoms with van der Waals surface area (Å²) >= 11 is 0. The van der Waals surface area contributed by atoms with E-state index in [-0.39, 0.29) is 5.95 Å². The van der Waals surface area contributed by atoms with Gasteiger partial charge in [0.05, 0.1) is 0 Å². The first-order valence-corrected chi connectivity index (χ1v) is 1.54. The van der Waals surface area contributed by atoms with E-state index in [1.807, 2.05) is 0 Å². The molecular weight excluding hydrogens is 98.0 g/mol. The van der Waals surface area contributed by atoms with E-state index in [1.165, 1.54) is 0 Å². The van der Waals surface area contributed by atoms with Crippen molar-refractivity contribution in [2.75, 3.05) is 5.73 Å². The molecule has 1 aromatic heterocycles. The normalized spacial score (nSPS) is 9.14. The molecule has 6 nitrogen and oxygen atoms in total. The number of nitrogen functional groups attached to an aromatic ring is 1. The fraction of sp³-hybridized carbons (Fsp3) is 0. The van der Waals surface area contributed by atoms with Crippen molar-refractivity contribution in [2.24, 2.45) is 0 Å². The van der Waals surface area contributed by atoms with Crippen LogP contribution in [0.1, 0.15) is 0 Å². The molecule has 0 aliphatic carbocycles. The highest BCUT2D eigenvalue weighted by atomic mass is 16.5. The fourth-order valence-corrected chi connectivity index (χ4v) is 0.217. The molecule has 1 heterocycles. The molecule has 38 valence electrons. The largest absolute Gasteiger partial charge is 0.395 e. The monoisotopic (exact) mass is 101 g/mol. The highest BCUT2D eigenvalue weighted by Gasteiger charge is 1.88. The van der Waals surface area contributed by atoms with Gasteiger partial charge in [-0.2, -0.15) is 0 Å². The summed E-state index contributed by atoms with van der Waals surface area (Å²) in [5.74, 6) is -0.0394. The lowest BCUT2D eigenvalue weighted by Crippen LogP contribution is -1.94. The molecule has 0 aliphatic rings. The van der Waals surface area contributed by atoms with Crippen LogP contribution in [0.15, 0.2) is 0 Å². The van der Waals surface area contributed by atoms with Crippen LogP contribution in [0.4, 0.5) is 5.95 Å². The number of rotatable bonds is 0. The van der Waals surface area contributed by atoms with E-state index in [0.29, 0.717) is 4.96 Å². The lowest BCUT2D eigenvalue weighted by Gasteiger charge is -1.72. The van der Waals surface area contributed by atoms with E-state index in [9.17, 15) is 0 Å². The van der Waals surface area contributed by atoms with Gasteiger partial charge in [0.1, 0.15) is 0 Å². The molecule has 1 rings (SSSR count). The molecule has 0 aromatic carbocycles. The summed E-state index contributed by atoms with van der Waals surface area (Å²) in [6, 6.07) is 0. The predicted molar refractivity (Wildman–Crippen MR) is 19.4 cm³/mol. The van der Waals surface area contributed by atoms with Crippen LogP contribution in [-0.4, -0.2) is 25.6 Å². The predicted octanol–water partition coefficient (Wildman–Crippen LogP) is -1.51. The maximum absolute atomic E-state index is 8.20. The van der Waals surface area contributed by atoms with Gasteiger partial charge in [0.15, 0.2) is 0 Å². The van der Waals surface area contributed by atoms with E-state index < -0.39 is 0 Å². The van der Waals surface area contributed by atoms with Gasteiger partial charge in [-0.05, 0) is 5.21 Å². The molecule has 0 amide bonds. The molecule has 1 aromatic rings. The first kappa shape index (κ1) is 3.85.